The molecule has 0 unspecified atom stereocenters. The Morgan fingerprint density at radius 2 is 1.39 bits per heavy atom. The Morgan fingerprint density at radius 1 is 0.609 bits per heavy atom. The Hall–Kier alpha value is -2.62. The van der Waals surface area contributed by atoms with Gasteiger partial charge in [-0.3, -0.25) is 0 Å². The molecule has 0 aromatic heterocycles. The van der Waals surface area contributed by atoms with Crippen LogP contribution in [0.3, 0.4) is 0 Å². The Kier molecular flexibility index (Phi) is 3.38. The molecule has 0 bridgehead atoms. The number of benzene rings is 4. The third kappa shape index (κ3) is 2.50. The van der Waals surface area contributed by atoms with Gasteiger partial charge in [-0.1, -0.05) is 72.8 Å². The van der Waals surface area contributed by atoms with E-state index in [4.69, 9.17) is 0 Å². The lowest BCUT2D eigenvalue weighted by atomic mass is 9.79. The molecule has 4 rings (SSSR count). The van der Waals surface area contributed by atoms with E-state index in [0.29, 0.717) is 5.46 Å². The molecule has 110 valence electrons. The Labute approximate surface area is 134 Å². The second-order valence-corrected chi connectivity index (χ2v) is 5.72. The lowest BCUT2D eigenvalue weighted by molar-refractivity contribution is 0.426. The Balaban J connectivity index is 1.94. The molecule has 2 nitrogen and oxygen atoms in total. The van der Waals surface area contributed by atoms with Gasteiger partial charge >= 0.3 is 7.12 Å². The van der Waals surface area contributed by atoms with Gasteiger partial charge in [0.2, 0.25) is 0 Å². The van der Waals surface area contributed by atoms with Gasteiger partial charge < -0.3 is 10.0 Å². The highest BCUT2D eigenvalue weighted by molar-refractivity contribution is 6.58. The average Bonchev–Trinajstić information content (AvgIpc) is 2.60. The summed E-state index contributed by atoms with van der Waals surface area (Å²) in [4.78, 5) is 0. The summed E-state index contributed by atoms with van der Waals surface area (Å²) in [6.07, 6.45) is 0. The molecule has 0 aliphatic carbocycles. The van der Waals surface area contributed by atoms with Crippen molar-refractivity contribution >= 4 is 34.1 Å². The molecule has 0 atom stereocenters. The van der Waals surface area contributed by atoms with Crippen molar-refractivity contribution < 1.29 is 10.0 Å². The van der Waals surface area contributed by atoms with Crippen LogP contribution in [0, 0.1) is 0 Å². The molecule has 0 spiro atoms. The maximum atomic E-state index is 9.37. The second-order valence-electron chi connectivity index (χ2n) is 5.72. The van der Waals surface area contributed by atoms with Crippen LogP contribution in [-0.4, -0.2) is 17.2 Å². The number of rotatable bonds is 2. The first-order chi connectivity index (χ1) is 11.2. The van der Waals surface area contributed by atoms with Crippen LogP contribution in [0.25, 0.3) is 32.7 Å². The molecular weight excluding hydrogens is 283 g/mol. The molecule has 0 aliphatic rings. The summed E-state index contributed by atoms with van der Waals surface area (Å²) in [6, 6.07) is 26.4. The molecule has 2 N–H and O–H groups in total. The van der Waals surface area contributed by atoms with E-state index in [1.165, 1.54) is 16.3 Å². The van der Waals surface area contributed by atoms with Crippen molar-refractivity contribution in [3.8, 4) is 11.1 Å². The quantitative estimate of drug-likeness (QED) is 0.557. The van der Waals surface area contributed by atoms with Gasteiger partial charge in [0.25, 0.3) is 0 Å². The molecule has 0 saturated heterocycles. The SMILES string of the molecule is OB(O)c1ccc2ccc(-c3cccc4ccccc34)cc2c1. The van der Waals surface area contributed by atoms with Crippen LogP contribution in [0.5, 0.6) is 0 Å². The van der Waals surface area contributed by atoms with Gasteiger partial charge in [0.05, 0.1) is 0 Å². The number of fused-ring (bicyclic) bond motifs is 2. The normalized spacial score (nSPS) is 11.0. The van der Waals surface area contributed by atoms with Gasteiger partial charge in [0, 0.05) is 0 Å². The second kappa shape index (κ2) is 5.54. The van der Waals surface area contributed by atoms with Gasteiger partial charge in [0.15, 0.2) is 0 Å². The van der Waals surface area contributed by atoms with E-state index < -0.39 is 7.12 Å². The third-order valence-electron chi connectivity index (χ3n) is 4.26. The monoisotopic (exact) mass is 298 g/mol. The van der Waals surface area contributed by atoms with Crippen molar-refractivity contribution in [2.75, 3.05) is 0 Å². The summed E-state index contributed by atoms with van der Waals surface area (Å²) >= 11 is 0. The van der Waals surface area contributed by atoms with Crippen LogP contribution in [0.2, 0.25) is 0 Å². The summed E-state index contributed by atoms with van der Waals surface area (Å²) in [7, 11) is -1.44. The third-order valence-corrected chi connectivity index (χ3v) is 4.26. The van der Waals surface area contributed by atoms with Gasteiger partial charge in [-0.05, 0) is 44.2 Å². The lowest BCUT2D eigenvalue weighted by Crippen LogP contribution is -2.29. The fourth-order valence-corrected chi connectivity index (χ4v) is 3.07. The van der Waals surface area contributed by atoms with Crippen molar-refractivity contribution in [2.45, 2.75) is 0 Å². The zero-order valence-corrected chi connectivity index (χ0v) is 12.5. The summed E-state index contributed by atoms with van der Waals surface area (Å²) in [5.41, 5.74) is 2.81. The molecular formula is C20H15BO2. The Morgan fingerprint density at radius 3 is 2.26 bits per heavy atom. The van der Waals surface area contributed by atoms with E-state index in [0.717, 1.165) is 16.3 Å². The van der Waals surface area contributed by atoms with Crippen LogP contribution >= 0.6 is 0 Å². The van der Waals surface area contributed by atoms with Crippen LogP contribution in [-0.2, 0) is 0 Å². The smallest absolute Gasteiger partial charge is 0.423 e. The van der Waals surface area contributed by atoms with Gasteiger partial charge in [0.1, 0.15) is 0 Å². The first-order valence-corrected chi connectivity index (χ1v) is 7.60. The Bertz CT molecular complexity index is 1000. The molecule has 23 heavy (non-hydrogen) atoms. The van der Waals surface area contributed by atoms with E-state index >= 15 is 0 Å². The summed E-state index contributed by atoms with van der Waals surface area (Å²) in [5, 5.41) is 23.2. The van der Waals surface area contributed by atoms with E-state index in [1.807, 2.05) is 24.3 Å². The molecule has 4 aromatic rings. The predicted molar refractivity (Wildman–Crippen MR) is 96.7 cm³/mol. The molecule has 3 heteroatoms. The predicted octanol–water partition coefficient (Wildman–Crippen LogP) is 3.34. The van der Waals surface area contributed by atoms with Crippen LogP contribution in [0.4, 0.5) is 0 Å². The van der Waals surface area contributed by atoms with E-state index in [-0.39, 0.29) is 0 Å². The average molecular weight is 298 g/mol. The number of hydrogen-bond donors (Lipinski definition) is 2. The zero-order valence-electron chi connectivity index (χ0n) is 12.5. The maximum absolute atomic E-state index is 9.37. The van der Waals surface area contributed by atoms with Crippen LogP contribution < -0.4 is 5.46 Å². The van der Waals surface area contributed by atoms with Crippen molar-refractivity contribution in [3.05, 3.63) is 78.9 Å². The standard InChI is InChI=1S/C20H15BO2/c22-21(23)18-11-10-14-8-9-16(12-17(14)13-18)20-7-3-5-15-4-1-2-6-19(15)20/h1-13,22-23H. The minimum Gasteiger partial charge on any atom is -0.423 e. The van der Waals surface area contributed by atoms with Crippen LogP contribution in [0.1, 0.15) is 0 Å². The van der Waals surface area contributed by atoms with Crippen LogP contribution in [0.15, 0.2) is 78.9 Å². The van der Waals surface area contributed by atoms with Gasteiger partial charge in [-0.15, -0.1) is 0 Å². The summed E-state index contributed by atoms with van der Waals surface area (Å²) in [5.74, 6) is 0. The number of hydrogen-bond acceptors (Lipinski definition) is 2. The van der Waals surface area contributed by atoms with Crippen molar-refractivity contribution in [2.24, 2.45) is 0 Å². The highest BCUT2D eigenvalue weighted by atomic mass is 16.4. The fourth-order valence-electron chi connectivity index (χ4n) is 3.07. The highest BCUT2D eigenvalue weighted by Gasteiger charge is 2.11. The highest BCUT2D eigenvalue weighted by Crippen LogP contribution is 2.30. The summed E-state index contributed by atoms with van der Waals surface area (Å²) in [6.45, 7) is 0. The van der Waals surface area contributed by atoms with Gasteiger partial charge in [-0.2, -0.15) is 0 Å². The van der Waals surface area contributed by atoms with Crippen molar-refractivity contribution in [3.63, 3.8) is 0 Å². The molecule has 0 aliphatic heterocycles. The molecule has 0 fully saturated rings. The topological polar surface area (TPSA) is 40.5 Å². The first-order valence-electron chi connectivity index (χ1n) is 7.60. The lowest BCUT2D eigenvalue weighted by Gasteiger charge is -2.09. The van der Waals surface area contributed by atoms with Gasteiger partial charge in [-0.25, -0.2) is 0 Å². The molecule has 0 saturated carbocycles. The maximum Gasteiger partial charge on any atom is 0.488 e. The molecule has 0 radical (unpaired) electrons. The van der Waals surface area contributed by atoms with E-state index in [1.54, 1.807) is 6.07 Å². The molecule has 0 heterocycles. The minimum absolute atomic E-state index is 0.507. The molecule has 4 aromatic carbocycles. The van der Waals surface area contributed by atoms with Crippen molar-refractivity contribution in [1.82, 2.24) is 0 Å². The summed E-state index contributed by atoms with van der Waals surface area (Å²) < 4.78 is 0. The first kappa shape index (κ1) is 14.0. The minimum atomic E-state index is -1.44. The van der Waals surface area contributed by atoms with E-state index in [9.17, 15) is 10.0 Å². The van der Waals surface area contributed by atoms with E-state index in [2.05, 4.69) is 48.5 Å². The fraction of sp³-hybridized carbons (Fsp3) is 0. The molecule has 0 amide bonds. The zero-order chi connectivity index (χ0) is 15.8. The van der Waals surface area contributed by atoms with Crippen molar-refractivity contribution in [1.29, 1.82) is 0 Å². The largest absolute Gasteiger partial charge is 0.488 e.